The predicted octanol–water partition coefficient (Wildman–Crippen LogP) is 4.77. The van der Waals surface area contributed by atoms with Crippen molar-refractivity contribution in [2.75, 3.05) is 0 Å². The summed E-state index contributed by atoms with van der Waals surface area (Å²) in [6, 6.07) is 6.03. The van der Waals surface area contributed by atoms with Crippen LogP contribution < -0.4 is 0 Å². The summed E-state index contributed by atoms with van der Waals surface area (Å²) in [5, 5.41) is 12.2. The molecule has 2 nitrogen and oxygen atoms in total. The fourth-order valence-corrected chi connectivity index (χ4v) is 2.36. The summed E-state index contributed by atoms with van der Waals surface area (Å²) in [5.74, 6) is 1.04. The lowest BCUT2D eigenvalue weighted by molar-refractivity contribution is 0.321. The SMILES string of the molecule is CC(C)CCc1cccc(C(Cl)=NO)c1C(C)C. The molecule has 0 bridgehead atoms. The largest absolute Gasteiger partial charge is 0.410 e. The van der Waals surface area contributed by atoms with E-state index in [0.29, 0.717) is 11.8 Å². The van der Waals surface area contributed by atoms with Gasteiger partial charge in [-0.2, -0.15) is 0 Å². The second kappa shape index (κ2) is 6.79. The van der Waals surface area contributed by atoms with Crippen LogP contribution in [0.25, 0.3) is 0 Å². The molecule has 1 rings (SSSR count). The molecule has 0 saturated carbocycles. The Balaban J connectivity index is 3.18. The second-order valence-electron chi connectivity index (χ2n) is 5.36. The van der Waals surface area contributed by atoms with E-state index < -0.39 is 0 Å². The fraction of sp³-hybridized carbons (Fsp3) is 0.533. The molecule has 0 heterocycles. The molecule has 0 aliphatic heterocycles. The summed E-state index contributed by atoms with van der Waals surface area (Å²) in [4.78, 5) is 0. The molecule has 18 heavy (non-hydrogen) atoms. The molecule has 0 radical (unpaired) electrons. The number of rotatable bonds is 5. The first kappa shape index (κ1) is 15.0. The quantitative estimate of drug-likeness (QED) is 0.465. The van der Waals surface area contributed by atoms with Gasteiger partial charge in [-0.3, -0.25) is 0 Å². The molecule has 0 unspecified atom stereocenters. The lowest BCUT2D eigenvalue weighted by Gasteiger charge is -2.17. The van der Waals surface area contributed by atoms with Crippen LogP contribution in [-0.4, -0.2) is 10.4 Å². The molecule has 3 heteroatoms. The van der Waals surface area contributed by atoms with Crippen LogP contribution in [0.15, 0.2) is 23.4 Å². The number of halogens is 1. The van der Waals surface area contributed by atoms with Gasteiger partial charge in [0.15, 0.2) is 5.17 Å². The van der Waals surface area contributed by atoms with Gasteiger partial charge in [-0.1, -0.05) is 62.7 Å². The summed E-state index contributed by atoms with van der Waals surface area (Å²) >= 11 is 5.97. The maximum atomic E-state index is 8.86. The zero-order chi connectivity index (χ0) is 13.7. The molecule has 0 saturated heterocycles. The summed E-state index contributed by atoms with van der Waals surface area (Å²) in [6.07, 6.45) is 2.19. The van der Waals surface area contributed by atoms with Gasteiger partial charge < -0.3 is 5.21 Å². The van der Waals surface area contributed by atoms with Crippen molar-refractivity contribution in [3.05, 3.63) is 34.9 Å². The van der Waals surface area contributed by atoms with E-state index in [9.17, 15) is 0 Å². The molecule has 0 amide bonds. The topological polar surface area (TPSA) is 32.6 Å². The van der Waals surface area contributed by atoms with Gasteiger partial charge in [0.1, 0.15) is 0 Å². The third-order valence-corrected chi connectivity index (χ3v) is 3.35. The lowest BCUT2D eigenvalue weighted by atomic mass is 9.89. The maximum Gasteiger partial charge on any atom is 0.175 e. The first-order valence-electron chi connectivity index (χ1n) is 6.47. The zero-order valence-electron chi connectivity index (χ0n) is 11.6. The molecule has 0 atom stereocenters. The summed E-state index contributed by atoms with van der Waals surface area (Å²) in [7, 11) is 0. The monoisotopic (exact) mass is 267 g/mol. The number of aryl methyl sites for hydroxylation is 1. The van der Waals surface area contributed by atoms with Gasteiger partial charge in [-0.15, -0.1) is 0 Å². The Bertz CT molecular complexity index is 425. The van der Waals surface area contributed by atoms with E-state index in [2.05, 4.69) is 38.9 Å². The van der Waals surface area contributed by atoms with Crippen molar-refractivity contribution >= 4 is 16.8 Å². The average Bonchev–Trinajstić information content (AvgIpc) is 2.34. The van der Waals surface area contributed by atoms with E-state index in [0.717, 1.165) is 18.4 Å². The van der Waals surface area contributed by atoms with Crippen LogP contribution in [0, 0.1) is 5.92 Å². The molecular formula is C15H22ClNO. The highest BCUT2D eigenvalue weighted by atomic mass is 35.5. The fourth-order valence-electron chi connectivity index (χ4n) is 2.19. The van der Waals surface area contributed by atoms with Gasteiger partial charge in [0.05, 0.1) is 0 Å². The highest BCUT2D eigenvalue weighted by Gasteiger charge is 2.15. The van der Waals surface area contributed by atoms with Crippen LogP contribution in [0.5, 0.6) is 0 Å². The van der Waals surface area contributed by atoms with Crippen LogP contribution in [0.2, 0.25) is 0 Å². The van der Waals surface area contributed by atoms with Crippen molar-refractivity contribution in [3.8, 4) is 0 Å². The molecule has 1 aromatic rings. The normalized spacial score (nSPS) is 12.5. The Labute approximate surface area is 115 Å². The molecule has 0 fully saturated rings. The van der Waals surface area contributed by atoms with E-state index >= 15 is 0 Å². The van der Waals surface area contributed by atoms with Crippen molar-refractivity contribution < 1.29 is 5.21 Å². The highest BCUT2D eigenvalue weighted by molar-refractivity contribution is 6.69. The highest BCUT2D eigenvalue weighted by Crippen LogP contribution is 2.27. The molecule has 0 aromatic heterocycles. The smallest absolute Gasteiger partial charge is 0.175 e. The Kier molecular flexibility index (Phi) is 5.67. The minimum absolute atomic E-state index is 0.171. The van der Waals surface area contributed by atoms with Crippen molar-refractivity contribution in [1.29, 1.82) is 0 Å². The second-order valence-corrected chi connectivity index (χ2v) is 5.71. The van der Waals surface area contributed by atoms with E-state index in [1.165, 1.54) is 11.1 Å². The summed E-state index contributed by atoms with van der Waals surface area (Å²) < 4.78 is 0. The van der Waals surface area contributed by atoms with Crippen molar-refractivity contribution in [1.82, 2.24) is 0 Å². The molecule has 0 spiro atoms. The predicted molar refractivity (Wildman–Crippen MR) is 77.9 cm³/mol. The van der Waals surface area contributed by atoms with E-state index in [4.69, 9.17) is 16.8 Å². The van der Waals surface area contributed by atoms with Crippen LogP contribution in [0.3, 0.4) is 0 Å². The molecule has 0 aliphatic rings. The maximum absolute atomic E-state index is 8.86. The van der Waals surface area contributed by atoms with E-state index in [1.54, 1.807) is 0 Å². The van der Waals surface area contributed by atoms with Crippen LogP contribution in [-0.2, 0) is 6.42 Å². The first-order chi connectivity index (χ1) is 8.47. The lowest BCUT2D eigenvalue weighted by Crippen LogP contribution is -2.06. The number of hydrogen-bond acceptors (Lipinski definition) is 2. The first-order valence-corrected chi connectivity index (χ1v) is 6.84. The van der Waals surface area contributed by atoms with Crippen LogP contribution in [0.1, 0.15) is 56.7 Å². The molecule has 1 N–H and O–H groups in total. The number of hydrogen-bond donors (Lipinski definition) is 1. The van der Waals surface area contributed by atoms with Gasteiger partial charge in [-0.25, -0.2) is 0 Å². The minimum atomic E-state index is 0.171. The number of benzene rings is 1. The Morgan fingerprint density at radius 1 is 1.28 bits per heavy atom. The van der Waals surface area contributed by atoms with Crippen molar-refractivity contribution in [3.63, 3.8) is 0 Å². The van der Waals surface area contributed by atoms with Crippen LogP contribution in [0.4, 0.5) is 0 Å². The van der Waals surface area contributed by atoms with Crippen molar-refractivity contribution in [2.24, 2.45) is 11.1 Å². The zero-order valence-corrected chi connectivity index (χ0v) is 12.3. The third kappa shape index (κ3) is 3.74. The van der Waals surface area contributed by atoms with Gasteiger partial charge >= 0.3 is 0 Å². The van der Waals surface area contributed by atoms with E-state index in [1.807, 2.05) is 12.1 Å². The molecular weight excluding hydrogens is 246 g/mol. The number of nitrogens with zero attached hydrogens (tertiary/aromatic N) is 1. The average molecular weight is 268 g/mol. The summed E-state index contributed by atoms with van der Waals surface area (Å²) in [6.45, 7) is 8.72. The standard InChI is InChI=1S/C15H22ClNO/c1-10(2)8-9-12-6-5-7-13(15(16)17-18)14(12)11(3)4/h5-7,10-11,18H,8-9H2,1-4H3. The van der Waals surface area contributed by atoms with Gasteiger partial charge in [-0.05, 0) is 35.8 Å². The van der Waals surface area contributed by atoms with Gasteiger partial charge in [0.2, 0.25) is 0 Å². The van der Waals surface area contributed by atoms with Crippen molar-refractivity contribution in [2.45, 2.75) is 46.5 Å². The molecule has 1 aromatic carbocycles. The third-order valence-electron chi connectivity index (χ3n) is 3.07. The Hall–Kier alpha value is -1.02. The van der Waals surface area contributed by atoms with Crippen LogP contribution >= 0.6 is 11.6 Å². The Morgan fingerprint density at radius 2 is 1.94 bits per heavy atom. The minimum Gasteiger partial charge on any atom is -0.410 e. The van der Waals surface area contributed by atoms with E-state index in [-0.39, 0.29) is 5.17 Å². The van der Waals surface area contributed by atoms with Gasteiger partial charge in [0, 0.05) is 5.56 Å². The number of oxime groups is 1. The van der Waals surface area contributed by atoms with Gasteiger partial charge in [0.25, 0.3) is 0 Å². The molecule has 0 aliphatic carbocycles. The Morgan fingerprint density at radius 3 is 2.44 bits per heavy atom. The summed E-state index contributed by atoms with van der Waals surface area (Å²) in [5.41, 5.74) is 3.34. The molecule has 100 valence electrons.